The molecular weight excluding hydrogens is 346 g/mol. The van der Waals surface area contributed by atoms with Crippen molar-refractivity contribution in [2.45, 2.75) is 25.3 Å². The minimum absolute atomic E-state index is 0.411. The van der Waals surface area contributed by atoms with Crippen LogP contribution in [0.25, 0.3) is 10.9 Å². The van der Waals surface area contributed by atoms with Crippen LogP contribution in [0.4, 0.5) is 5.82 Å². The molecule has 4 heterocycles. The summed E-state index contributed by atoms with van der Waals surface area (Å²) >= 11 is 0. The van der Waals surface area contributed by atoms with Gasteiger partial charge in [0.05, 0.1) is 12.1 Å². The molecule has 5 nitrogen and oxygen atoms in total. The number of nitrogens with zero attached hydrogens (tertiary/aromatic N) is 5. The van der Waals surface area contributed by atoms with Crippen molar-refractivity contribution in [2.75, 3.05) is 18.0 Å². The summed E-state index contributed by atoms with van der Waals surface area (Å²) in [6, 6.07) is 16.7. The summed E-state index contributed by atoms with van der Waals surface area (Å²) in [7, 11) is 0. The maximum Gasteiger partial charge on any atom is 0.129 e. The number of rotatable bonds is 4. The Hall–Kier alpha value is -3.21. The molecule has 0 bridgehead atoms. The molecule has 1 atom stereocenters. The average molecular weight is 369 g/mol. The van der Waals surface area contributed by atoms with E-state index in [4.69, 9.17) is 9.97 Å². The lowest BCUT2D eigenvalue weighted by atomic mass is 9.97. The summed E-state index contributed by atoms with van der Waals surface area (Å²) in [4.78, 5) is 16.2. The molecule has 28 heavy (non-hydrogen) atoms. The molecule has 5 heteroatoms. The van der Waals surface area contributed by atoms with Gasteiger partial charge in [-0.2, -0.15) is 0 Å². The molecule has 4 aromatic rings. The minimum atomic E-state index is 0.411. The van der Waals surface area contributed by atoms with Crippen LogP contribution in [-0.4, -0.2) is 32.6 Å². The number of para-hydroxylation sites is 1. The van der Waals surface area contributed by atoms with E-state index in [9.17, 15) is 0 Å². The number of hydrogen-bond donors (Lipinski definition) is 0. The summed E-state index contributed by atoms with van der Waals surface area (Å²) in [5.41, 5.74) is 2.26. The Morgan fingerprint density at radius 3 is 2.89 bits per heavy atom. The summed E-state index contributed by atoms with van der Waals surface area (Å²) in [5, 5.41) is 1.19. The molecule has 1 aliphatic heterocycles. The highest BCUT2D eigenvalue weighted by Crippen LogP contribution is 2.29. The minimum Gasteiger partial charge on any atom is -0.356 e. The van der Waals surface area contributed by atoms with Crippen molar-refractivity contribution >= 4 is 16.7 Å². The maximum atomic E-state index is 4.90. The van der Waals surface area contributed by atoms with Crippen molar-refractivity contribution in [1.82, 2.24) is 19.5 Å². The first-order valence-electron chi connectivity index (χ1n) is 9.87. The van der Waals surface area contributed by atoms with Crippen LogP contribution in [-0.2, 0) is 6.54 Å². The standard InChI is InChI=1S/C23H23N5/c1-2-8-21-19(6-1)9-10-22(26-21)27-13-4-7-20(17-27)23-25-12-14-28(23)16-18-5-3-11-24-15-18/h1-3,5-6,8-12,14-15,20H,4,7,13,16-17H2/t20-/m1/s1. The second kappa shape index (κ2) is 7.43. The zero-order chi connectivity index (χ0) is 18.8. The molecule has 0 spiro atoms. The Morgan fingerprint density at radius 1 is 1.00 bits per heavy atom. The van der Waals surface area contributed by atoms with Crippen molar-refractivity contribution < 1.29 is 0 Å². The summed E-state index contributed by atoms with van der Waals surface area (Å²) < 4.78 is 2.26. The maximum absolute atomic E-state index is 4.90. The molecule has 1 aliphatic rings. The van der Waals surface area contributed by atoms with Crippen molar-refractivity contribution in [2.24, 2.45) is 0 Å². The van der Waals surface area contributed by atoms with Gasteiger partial charge in [0.2, 0.25) is 0 Å². The number of aromatic nitrogens is 4. The number of piperidine rings is 1. The van der Waals surface area contributed by atoms with E-state index in [1.54, 1.807) is 0 Å². The fourth-order valence-corrected chi connectivity index (χ4v) is 4.13. The molecule has 0 aliphatic carbocycles. The molecule has 1 fully saturated rings. The number of anilines is 1. The number of pyridine rings is 2. The Morgan fingerprint density at radius 2 is 1.96 bits per heavy atom. The van der Waals surface area contributed by atoms with Crippen LogP contribution in [0.15, 0.2) is 73.3 Å². The van der Waals surface area contributed by atoms with Gasteiger partial charge in [-0.25, -0.2) is 9.97 Å². The summed E-state index contributed by atoms with van der Waals surface area (Å²) in [6.45, 7) is 2.81. The average Bonchev–Trinajstić information content (AvgIpc) is 3.22. The monoisotopic (exact) mass is 369 g/mol. The molecule has 0 saturated carbocycles. The number of fused-ring (bicyclic) bond motifs is 1. The van der Waals surface area contributed by atoms with E-state index in [0.29, 0.717) is 5.92 Å². The molecular formula is C23H23N5. The first kappa shape index (κ1) is 16.9. The van der Waals surface area contributed by atoms with Gasteiger partial charge in [0.25, 0.3) is 0 Å². The first-order valence-corrected chi connectivity index (χ1v) is 9.87. The highest BCUT2D eigenvalue weighted by Gasteiger charge is 2.25. The molecule has 1 aromatic carbocycles. The lowest BCUT2D eigenvalue weighted by molar-refractivity contribution is 0.474. The Bertz CT molecular complexity index is 1070. The summed E-state index contributed by atoms with van der Waals surface area (Å²) in [5.74, 6) is 2.64. The highest BCUT2D eigenvalue weighted by molar-refractivity contribution is 5.80. The third kappa shape index (κ3) is 3.36. The van der Waals surface area contributed by atoms with Crippen LogP contribution in [0.3, 0.4) is 0 Å². The van der Waals surface area contributed by atoms with E-state index >= 15 is 0 Å². The molecule has 5 rings (SSSR count). The molecule has 3 aromatic heterocycles. The first-order chi connectivity index (χ1) is 13.9. The number of imidazole rings is 1. The predicted octanol–water partition coefficient (Wildman–Crippen LogP) is 4.26. The van der Waals surface area contributed by atoms with E-state index in [-0.39, 0.29) is 0 Å². The Balaban J connectivity index is 1.38. The van der Waals surface area contributed by atoms with Gasteiger partial charge in [0.1, 0.15) is 11.6 Å². The Kier molecular flexibility index (Phi) is 4.49. The van der Waals surface area contributed by atoms with Crippen molar-refractivity contribution in [3.8, 4) is 0 Å². The fraction of sp³-hybridized carbons (Fsp3) is 0.261. The molecule has 0 unspecified atom stereocenters. The van der Waals surface area contributed by atoms with Crippen LogP contribution >= 0.6 is 0 Å². The zero-order valence-electron chi connectivity index (χ0n) is 15.8. The SMILES string of the molecule is c1cncc(Cn2ccnc2[C@@H]2CCCN(c3ccc4ccccc4n3)C2)c1. The molecule has 0 amide bonds. The Labute approximate surface area is 164 Å². The molecule has 140 valence electrons. The smallest absolute Gasteiger partial charge is 0.129 e. The van der Waals surface area contributed by atoms with Crippen molar-refractivity contribution in [3.05, 3.63) is 84.7 Å². The van der Waals surface area contributed by atoms with Gasteiger partial charge in [-0.15, -0.1) is 0 Å². The third-order valence-electron chi connectivity index (χ3n) is 5.52. The van der Waals surface area contributed by atoms with Crippen molar-refractivity contribution in [1.29, 1.82) is 0 Å². The topological polar surface area (TPSA) is 46.8 Å². The van der Waals surface area contributed by atoms with E-state index < -0.39 is 0 Å². The van der Waals surface area contributed by atoms with Crippen LogP contribution in [0.2, 0.25) is 0 Å². The second-order valence-corrected chi connectivity index (χ2v) is 7.42. The summed E-state index contributed by atoms with van der Waals surface area (Å²) in [6.07, 6.45) is 10.0. The van der Waals surface area contributed by atoms with Crippen LogP contribution in [0.1, 0.15) is 30.1 Å². The third-order valence-corrected chi connectivity index (χ3v) is 5.52. The molecule has 1 saturated heterocycles. The van der Waals surface area contributed by atoms with E-state index in [1.165, 1.54) is 10.9 Å². The number of hydrogen-bond acceptors (Lipinski definition) is 4. The van der Waals surface area contributed by atoms with Crippen LogP contribution < -0.4 is 4.90 Å². The zero-order valence-corrected chi connectivity index (χ0v) is 15.8. The molecule has 0 N–H and O–H groups in total. The lowest BCUT2D eigenvalue weighted by Gasteiger charge is -2.33. The second-order valence-electron chi connectivity index (χ2n) is 7.42. The highest BCUT2D eigenvalue weighted by atomic mass is 15.2. The van der Waals surface area contributed by atoms with Crippen molar-refractivity contribution in [3.63, 3.8) is 0 Å². The van der Waals surface area contributed by atoms with Gasteiger partial charge in [-0.3, -0.25) is 4.98 Å². The van der Waals surface area contributed by atoms with Gasteiger partial charge >= 0.3 is 0 Å². The van der Waals surface area contributed by atoms with Gasteiger partial charge < -0.3 is 9.47 Å². The van der Waals surface area contributed by atoms with E-state index in [1.807, 2.05) is 30.7 Å². The van der Waals surface area contributed by atoms with E-state index in [0.717, 1.165) is 49.6 Å². The predicted molar refractivity (Wildman–Crippen MR) is 111 cm³/mol. The normalized spacial score (nSPS) is 17.1. The van der Waals surface area contributed by atoms with Gasteiger partial charge in [-0.1, -0.05) is 24.3 Å². The largest absolute Gasteiger partial charge is 0.356 e. The lowest BCUT2D eigenvalue weighted by Crippen LogP contribution is -2.36. The quantitative estimate of drug-likeness (QED) is 0.539. The van der Waals surface area contributed by atoms with Crippen LogP contribution in [0.5, 0.6) is 0 Å². The fourth-order valence-electron chi connectivity index (χ4n) is 4.13. The van der Waals surface area contributed by atoms with E-state index in [2.05, 4.69) is 57.0 Å². The van der Waals surface area contributed by atoms with Gasteiger partial charge in [0.15, 0.2) is 0 Å². The molecule has 0 radical (unpaired) electrons. The van der Waals surface area contributed by atoms with Gasteiger partial charge in [0, 0.05) is 49.2 Å². The van der Waals surface area contributed by atoms with Gasteiger partial charge in [-0.05, 0) is 42.7 Å². The van der Waals surface area contributed by atoms with Crippen LogP contribution in [0, 0.1) is 0 Å². The number of benzene rings is 1.